The Morgan fingerprint density at radius 3 is 2.43 bits per heavy atom. The summed E-state index contributed by atoms with van der Waals surface area (Å²) in [4.78, 5) is 24.9. The highest BCUT2D eigenvalue weighted by Crippen LogP contribution is 2.19. The highest BCUT2D eigenvalue weighted by molar-refractivity contribution is 7.86. The van der Waals surface area contributed by atoms with Gasteiger partial charge in [0.05, 0.1) is 11.2 Å². The zero-order valence-corrected chi connectivity index (χ0v) is 16.5. The van der Waals surface area contributed by atoms with Crippen molar-refractivity contribution in [3.8, 4) is 5.75 Å². The number of carbonyl (C=O) groups excluding carboxylic acids is 1. The number of unbranched alkanes of at least 4 members (excludes halogenated alkanes) is 1. The number of nitro groups is 1. The first-order valence-corrected chi connectivity index (χ1v) is 10.5. The smallest absolute Gasteiger partial charge is 0.306 e. The second kappa shape index (κ2) is 9.32. The van der Waals surface area contributed by atoms with E-state index in [4.69, 9.17) is 4.18 Å². The molecule has 2 rings (SSSR count). The van der Waals surface area contributed by atoms with E-state index in [0.29, 0.717) is 13.1 Å². The summed E-state index contributed by atoms with van der Waals surface area (Å²) in [6.07, 6.45) is 2.64. The normalized spacial score (nSPS) is 11.1. The average Bonchev–Trinajstić information content (AvgIpc) is 2.64. The van der Waals surface area contributed by atoms with Crippen LogP contribution < -0.4 is 4.18 Å². The van der Waals surface area contributed by atoms with Crippen LogP contribution in [0.2, 0.25) is 0 Å². The molecule has 28 heavy (non-hydrogen) atoms. The van der Waals surface area contributed by atoms with E-state index in [1.54, 1.807) is 23.1 Å². The zero-order chi connectivity index (χ0) is 20.7. The van der Waals surface area contributed by atoms with E-state index in [2.05, 4.69) is 0 Å². The Kier molecular flexibility index (Phi) is 7.11. The molecule has 0 N–H and O–H groups in total. The second-order valence-electron chi connectivity index (χ2n) is 6.32. The van der Waals surface area contributed by atoms with Crippen molar-refractivity contribution in [1.29, 1.82) is 0 Å². The summed E-state index contributed by atoms with van der Waals surface area (Å²) < 4.78 is 27.2. The predicted molar refractivity (Wildman–Crippen MR) is 105 cm³/mol. The second-order valence-corrected chi connectivity index (χ2v) is 7.89. The number of hydrogen-bond acceptors (Lipinski definition) is 6. The van der Waals surface area contributed by atoms with Gasteiger partial charge in [0.25, 0.3) is 11.6 Å². The molecule has 8 nitrogen and oxygen atoms in total. The number of nitrogens with zero attached hydrogens (tertiary/aromatic N) is 2. The van der Waals surface area contributed by atoms with Crippen molar-refractivity contribution >= 4 is 21.7 Å². The third-order valence-electron chi connectivity index (χ3n) is 3.92. The quantitative estimate of drug-likeness (QED) is 0.359. The SMILES string of the molecule is CCCCN(Cc1ccc(OS(C)(=O)=O)cc1)C(=O)c1cccc([N+](=O)[O-])c1. The van der Waals surface area contributed by atoms with Crippen LogP contribution in [0, 0.1) is 10.1 Å². The number of rotatable bonds is 9. The van der Waals surface area contributed by atoms with Gasteiger partial charge in [0.2, 0.25) is 0 Å². The number of amides is 1. The molecule has 0 atom stereocenters. The lowest BCUT2D eigenvalue weighted by Crippen LogP contribution is -2.31. The Labute approximate surface area is 164 Å². The molecule has 150 valence electrons. The van der Waals surface area contributed by atoms with Crippen LogP contribution in [0.1, 0.15) is 35.7 Å². The Hall–Kier alpha value is -2.94. The monoisotopic (exact) mass is 406 g/mol. The fourth-order valence-electron chi connectivity index (χ4n) is 2.58. The summed E-state index contributed by atoms with van der Waals surface area (Å²) in [6, 6.07) is 12.1. The molecule has 2 aromatic carbocycles. The zero-order valence-electron chi connectivity index (χ0n) is 15.7. The van der Waals surface area contributed by atoms with Crippen LogP contribution in [0.25, 0.3) is 0 Å². The molecular weight excluding hydrogens is 384 g/mol. The molecular formula is C19H22N2O6S. The summed E-state index contributed by atoms with van der Waals surface area (Å²) >= 11 is 0. The van der Waals surface area contributed by atoms with E-state index >= 15 is 0 Å². The maximum Gasteiger partial charge on any atom is 0.306 e. The highest BCUT2D eigenvalue weighted by Gasteiger charge is 2.18. The van der Waals surface area contributed by atoms with Crippen LogP contribution in [0.5, 0.6) is 5.75 Å². The molecule has 0 unspecified atom stereocenters. The van der Waals surface area contributed by atoms with Crippen molar-refractivity contribution in [3.63, 3.8) is 0 Å². The van der Waals surface area contributed by atoms with Gasteiger partial charge >= 0.3 is 10.1 Å². The Balaban J connectivity index is 2.20. The Morgan fingerprint density at radius 2 is 1.86 bits per heavy atom. The topological polar surface area (TPSA) is 107 Å². The van der Waals surface area contributed by atoms with E-state index in [1.807, 2.05) is 6.92 Å². The van der Waals surface area contributed by atoms with Gasteiger partial charge in [-0.25, -0.2) is 0 Å². The van der Waals surface area contributed by atoms with Gasteiger partial charge in [-0.2, -0.15) is 8.42 Å². The lowest BCUT2D eigenvalue weighted by molar-refractivity contribution is -0.384. The van der Waals surface area contributed by atoms with Crippen LogP contribution in [-0.4, -0.2) is 36.9 Å². The molecule has 9 heteroatoms. The van der Waals surface area contributed by atoms with Crippen molar-refractivity contribution in [2.45, 2.75) is 26.3 Å². The van der Waals surface area contributed by atoms with Crippen LogP contribution >= 0.6 is 0 Å². The van der Waals surface area contributed by atoms with Crippen LogP contribution in [0.15, 0.2) is 48.5 Å². The molecule has 0 aromatic heterocycles. The Morgan fingerprint density at radius 1 is 1.18 bits per heavy atom. The number of non-ortho nitro benzene ring substituents is 1. The maximum absolute atomic E-state index is 12.9. The largest absolute Gasteiger partial charge is 0.383 e. The first kappa shape index (κ1) is 21.4. The minimum Gasteiger partial charge on any atom is -0.383 e. The minimum atomic E-state index is -3.61. The molecule has 0 fully saturated rings. The molecule has 0 heterocycles. The Bertz CT molecular complexity index is 941. The van der Waals surface area contributed by atoms with Crippen LogP contribution in [0.4, 0.5) is 5.69 Å². The summed E-state index contributed by atoms with van der Waals surface area (Å²) in [7, 11) is -3.61. The average molecular weight is 406 g/mol. The summed E-state index contributed by atoms with van der Waals surface area (Å²) in [5, 5.41) is 11.0. The summed E-state index contributed by atoms with van der Waals surface area (Å²) in [6.45, 7) is 2.80. The van der Waals surface area contributed by atoms with Gasteiger partial charge in [-0.3, -0.25) is 14.9 Å². The fourth-order valence-corrected chi connectivity index (χ4v) is 3.04. The van der Waals surface area contributed by atoms with Gasteiger partial charge in [0.15, 0.2) is 0 Å². The van der Waals surface area contributed by atoms with Gasteiger partial charge in [-0.15, -0.1) is 0 Å². The van der Waals surface area contributed by atoms with E-state index in [-0.39, 0.29) is 22.9 Å². The number of nitro benzene ring substituents is 1. The van der Waals surface area contributed by atoms with E-state index < -0.39 is 15.0 Å². The molecule has 0 aliphatic rings. The molecule has 0 bridgehead atoms. The van der Waals surface area contributed by atoms with Crippen molar-refractivity contribution in [3.05, 3.63) is 69.8 Å². The van der Waals surface area contributed by atoms with Gasteiger partial charge in [-0.1, -0.05) is 31.5 Å². The number of hydrogen-bond donors (Lipinski definition) is 0. The van der Waals surface area contributed by atoms with E-state index in [0.717, 1.165) is 24.7 Å². The number of carbonyl (C=O) groups is 1. The van der Waals surface area contributed by atoms with E-state index in [1.165, 1.54) is 30.3 Å². The lowest BCUT2D eigenvalue weighted by Gasteiger charge is -2.23. The van der Waals surface area contributed by atoms with Gasteiger partial charge in [-0.05, 0) is 30.2 Å². The summed E-state index contributed by atoms with van der Waals surface area (Å²) in [5.74, 6) is -0.106. The lowest BCUT2D eigenvalue weighted by atomic mass is 10.1. The van der Waals surface area contributed by atoms with Gasteiger partial charge in [0, 0.05) is 30.8 Å². The van der Waals surface area contributed by atoms with Crippen molar-refractivity contribution < 1.29 is 22.3 Å². The molecule has 0 aliphatic carbocycles. The molecule has 0 saturated carbocycles. The molecule has 2 aromatic rings. The minimum absolute atomic E-state index is 0.136. The van der Waals surface area contributed by atoms with Gasteiger partial charge < -0.3 is 9.08 Å². The standard InChI is InChI=1S/C19H22N2O6S/c1-3-4-12-20(19(22)16-6-5-7-17(13-16)21(23)24)14-15-8-10-18(11-9-15)27-28(2,25)26/h5-11,13H,3-4,12,14H2,1-2H3. The molecule has 0 aliphatic heterocycles. The summed E-state index contributed by atoms with van der Waals surface area (Å²) in [5.41, 5.74) is 0.904. The number of benzene rings is 2. The molecule has 0 radical (unpaired) electrons. The van der Waals surface area contributed by atoms with Gasteiger partial charge in [0.1, 0.15) is 5.75 Å². The van der Waals surface area contributed by atoms with Crippen molar-refractivity contribution in [2.75, 3.05) is 12.8 Å². The van der Waals surface area contributed by atoms with Crippen LogP contribution in [-0.2, 0) is 16.7 Å². The first-order valence-electron chi connectivity index (χ1n) is 8.71. The predicted octanol–water partition coefficient (Wildman–Crippen LogP) is 3.38. The van der Waals surface area contributed by atoms with Crippen LogP contribution in [0.3, 0.4) is 0 Å². The maximum atomic E-state index is 12.9. The molecule has 1 amide bonds. The highest BCUT2D eigenvalue weighted by atomic mass is 32.2. The molecule has 0 spiro atoms. The van der Waals surface area contributed by atoms with Crippen molar-refractivity contribution in [2.24, 2.45) is 0 Å². The first-order chi connectivity index (χ1) is 13.2. The third-order valence-corrected chi connectivity index (χ3v) is 4.41. The van der Waals surface area contributed by atoms with Crippen molar-refractivity contribution in [1.82, 2.24) is 4.90 Å². The van der Waals surface area contributed by atoms with E-state index in [9.17, 15) is 23.3 Å². The third kappa shape index (κ3) is 6.34. The molecule has 0 saturated heterocycles. The fraction of sp³-hybridized carbons (Fsp3) is 0.316.